The fourth-order valence-electron chi connectivity index (χ4n) is 9.99. The number of furan rings is 2. The molecule has 0 amide bonds. The molecule has 0 unspecified atom stereocenters. The zero-order valence-corrected chi connectivity index (χ0v) is 34.1. The third kappa shape index (κ3) is 5.60. The van der Waals surface area contributed by atoms with Gasteiger partial charge in [-0.1, -0.05) is 164 Å². The number of anilines is 3. The fourth-order valence-corrected chi connectivity index (χ4v) is 9.99. The molecule has 0 radical (unpaired) electrons. The van der Waals surface area contributed by atoms with E-state index in [1.807, 2.05) is 12.1 Å². The van der Waals surface area contributed by atoms with E-state index in [1.54, 1.807) is 0 Å². The van der Waals surface area contributed by atoms with Crippen LogP contribution in [0.1, 0.15) is 0 Å². The van der Waals surface area contributed by atoms with Gasteiger partial charge in [-0.2, -0.15) is 0 Å². The lowest BCUT2D eigenvalue weighted by molar-refractivity contribution is 0.669. The quantitative estimate of drug-likeness (QED) is 0.157. The normalized spacial score (nSPS) is 11.8. The Morgan fingerprint density at radius 3 is 1.60 bits per heavy atom. The number of hydrogen-bond donors (Lipinski definition) is 0. The molecule has 0 aliphatic carbocycles. The summed E-state index contributed by atoms with van der Waals surface area (Å²) in [4.78, 5) is 2.39. The van der Waals surface area contributed by atoms with Gasteiger partial charge in [0.25, 0.3) is 0 Å². The van der Waals surface area contributed by atoms with Crippen molar-refractivity contribution in [2.75, 3.05) is 4.90 Å². The number of para-hydroxylation sites is 2. The zero-order valence-electron chi connectivity index (χ0n) is 34.1. The van der Waals surface area contributed by atoms with Crippen LogP contribution in [0.3, 0.4) is 0 Å². The Hall–Kier alpha value is -8.40. The predicted octanol–water partition coefficient (Wildman–Crippen LogP) is 17.4. The van der Waals surface area contributed by atoms with Crippen LogP contribution in [0.2, 0.25) is 0 Å². The maximum Gasteiger partial charge on any atom is 0.143 e. The summed E-state index contributed by atoms with van der Waals surface area (Å²) in [6.07, 6.45) is 0. The van der Waals surface area contributed by atoms with Crippen molar-refractivity contribution in [1.29, 1.82) is 0 Å². The average Bonchev–Trinajstić information content (AvgIpc) is 3.94. The molecule has 3 nitrogen and oxygen atoms in total. The highest BCUT2D eigenvalue weighted by molar-refractivity contribution is 6.20. The van der Waals surface area contributed by atoms with Crippen LogP contribution < -0.4 is 4.90 Å². The molecule has 0 fully saturated rings. The summed E-state index contributed by atoms with van der Waals surface area (Å²) >= 11 is 0. The summed E-state index contributed by atoms with van der Waals surface area (Å²) in [5, 5.41) is 11.8. The lowest BCUT2D eigenvalue weighted by Crippen LogP contribution is -2.11. The van der Waals surface area contributed by atoms with Gasteiger partial charge in [0.15, 0.2) is 0 Å². The van der Waals surface area contributed by atoms with Crippen LogP contribution in [0.25, 0.3) is 110 Å². The highest BCUT2D eigenvalue weighted by Crippen LogP contribution is 2.47. The number of rotatable bonds is 6. The van der Waals surface area contributed by atoms with E-state index in [0.29, 0.717) is 0 Å². The number of benzene rings is 11. The van der Waals surface area contributed by atoms with Crippen LogP contribution in [-0.2, 0) is 0 Å². The van der Waals surface area contributed by atoms with Crippen LogP contribution in [0.15, 0.2) is 233 Å². The first kappa shape index (κ1) is 35.4. The molecular formula is C60H37NO2. The van der Waals surface area contributed by atoms with E-state index < -0.39 is 0 Å². The molecule has 11 aromatic carbocycles. The van der Waals surface area contributed by atoms with E-state index in [0.717, 1.165) is 94.0 Å². The molecule has 0 saturated heterocycles. The first-order chi connectivity index (χ1) is 31.2. The molecule has 0 aliphatic heterocycles. The second-order valence-electron chi connectivity index (χ2n) is 16.4. The fraction of sp³-hybridized carbons (Fsp3) is 0. The predicted molar refractivity (Wildman–Crippen MR) is 265 cm³/mol. The number of fused-ring (bicyclic) bond motifs is 11. The van der Waals surface area contributed by atoms with E-state index >= 15 is 0 Å². The smallest absolute Gasteiger partial charge is 0.143 e. The highest BCUT2D eigenvalue weighted by Gasteiger charge is 2.22. The Morgan fingerprint density at radius 1 is 0.286 bits per heavy atom. The van der Waals surface area contributed by atoms with Crippen molar-refractivity contribution in [3.8, 4) is 33.4 Å². The van der Waals surface area contributed by atoms with Gasteiger partial charge in [0.1, 0.15) is 22.3 Å². The van der Waals surface area contributed by atoms with Gasteiger partial charge in [0, 0.05) is 43.9 Å². The second-order valence-corrected chi connectivity index (χ2v) is 16.4. The van der Waals surface area contributed by atoms with Crippen molar-refractivity contribution in [1.82, 2.24) is 0 Å². The molecule has 13 rings (SSSR count). The Bertz CT molecular complexity index is 3910. The molecule has 0 N–H and O–H groups in total. The van der Waals surface area contributed by atoms with E-state index in [9.17, 15) is 0 Å². The Kier molecular flexibility index (Phi) is 7.91. The van der Waals surface area contributed by atoms with Gasteiger partial charge >= 0.3 is 0 Å². The first-order valence-corrected chi connectivity index (χ1v) is 21.5. The van der Waals surface area contributed by atoms with Gasteiger partial charge in [-0.3, -0.25) is 0 Å². The van der Waals surface area contributed by atoms with Crippen LogP contribution >= 0.6 is 0 Å². The standard InChI is InChI=1S/C60H37NO2/c1-4-16-46-38(13-1)31-36-52-59-50(22-12-26-57(59)63-60(46)52)49-19-7-9-23-54(49)61(42-32-27-39(28-33-42)45-21-11-25-56-58(45)51-20-8-10-24-55(51)62-56)43-34-29-40(30-35-43)53-37-41-14-2-3-15-44(41)47-17-5-6-18-48(47)53/h1-37H. The topological polar surface area (TPSA) is 29.5 Å². The van der Waals surface area contributed by atoms with E-state index in [-0.39, 0.29) is 0 Å². The monoisotopic (exact) mass is 803 g/mol. The number of nitrogens with zero attached hydrogens (tertiary/aromatic N) is 1. The van der Waals surface area contributed by atoms with Crippen molar-refractivity contribution in [3.63, 3.8) is 0 Å². The van der Waals surface area contributed by atoms with E-state index in [2.05, 4.69) is 217 Å². The van der Waals surface area contributed by atoms with Crippen molar-refractivity contribution in [2.24, 2.45) is 0 Å². The Morgan fingerprint density at radius 2 is 0.825 bits per heavy atom. The van der Waals surface area contributed by atoms with Gasteiger partial charge in [0.05, 0.1) is 5.69 Å². The summed E-state index contributed by atoms with van der Waals surface area (Å²) in [7, 11) is 0. The minimum atomic E-state index is 0.873. The van der Waals surface area contributed by atoms with Gasteiger partial charge in [-0.15, -0.1) is 0 Å². The lowest BCUT2D eigenvalue weighted by atomic mass is 9.93. The maximum absolute atomic E-state index is 6.70. The summed E-state index contributed by atoms with van der Waals surface area (Å²) in [5.41, 5.74) is 13.7. The molecule has 0 saturated carbocycles. The molecule has 0 aliphatic rings. The molecule has 2 heterocycles. The third-order valence-corrected chi connectivity index (χ3v) is 12.9. The average molecular weight is 804 g/mol. The lowest BCUT2D eigenvalue weighted by Gasteiger charge is -2.28. The maximum atomic E-state index is 6.70. The molecule has 0 atom stereocenters. The van der Waals surface area contributed by atoms with Crippen LogP contribution in [0.4, 0.5) is 17.1 Å². The van der Waals surface area contributed by atoms with Gasteiger partial charge in [-0.05, 0) is 115 Å². The van der Waals surface area contributed by atoms with Gasteiger partial charge in [-0.25, -0.2) is 0 Å². The molecule has 3 heteroatoms. The summed E-state index contributed by atoms with van der Waals surface area (Å²) in [6, 6.07) is 80.5. The number of hydrogen-bond acceptors (Lipinski definition) is 3. The van der Waals surface area contributed by atoms with Gasteiger partial charge < -0.3 is 13.7 Å². The van der Waals surface area contributed by atoms with Gasteiger partial charge in [0.2, 0.25) is 0 Å². The Labute approximate surface area is 363 Å². The van der Waals surface area contributed by atoms with Crippen LogP contribution in [-0.4, -0.2) is 0 Å². The molecular weight excluding hydrogens is 767 g/mol. The SMILES string of the molecule is c1ccc(N(c2ccc(-c3cc4ccccc4c4ccccc34)cc2)c2ccc(-c3cccc4oc5ccccc5c34)cc2)c(-c2cccc3oc4c5ccccc5ccc4c23)c1. The second kappa shape index (κ2) is 14.1. The first-order valence-electron chi connectivity index (χ1n) is 21.5. The molecule has 13 aromatic rings. The molecule has 0 bridgehead atoms. The van der Waals surface area contributed by atoms with Crippen molar-refractivity contribution < 1.29 is 8.83 Å². The van der Waals surface area contributed by atoms with E-state index in [1.165, 1.54) is 32.7 Å². The summed E-state index contributed by atoms with van der Waals surface area (Å²) in [5.74, 6) is 0. The minimum Gasteiger partial charge on any atom is -0.456 e. The van der Waals surface area contributed by atoms with Crippen molar-refractivity contribution >= 4 is 93.3 Å². The minimum absolute atomic E-state index is 0.873. The van der Waals surface area contributed by atoms with Crippen LogP contribution in [0.5, 0.6) is 0 Å². The van der Waals surface area contributed by atoms with E-state index in [4.69, 9.17) is 8.83 Å². The molecule has 0 spiro atoms. The molecule has 294 valence electrons. The largest absolute Gasteiger partial charge is 0.456 e. The highest BCUT2D eigenvalue weighted by atomic mass is 16.3. The van der Waals surface area contributed by atoms with Crippen molar-refractivity contribution in [2.45, 2.75) is 0 Å². The zero-order chi connectivity index (χ0) is 41.4. The molecule has 63 heavy (non-hydrogen) atoms. The van der Waals surface area contributed by atoms with Crippen LogP contribution in [0, 0.1) is 0 Å². The molecule has 2 aromatic heterocycles. The Balaban J connectivity index is 0.997. The third-order valence-electron chi connectivity index (χ3n) is 12.9. The van der Waals surface area contributed by atoms with Crippen molar-refractivity contribution in [3.05, 3.63) is 224 Å². The summed E-state index contributed by atoms with van der Waals surface area (Å²) in [6.45, 7) is 0. The summed E-state index contributed by atoms with van der Waals surface area (Å²) < 4.78 is 13.0.